The molecule has 0 bridgehead atoms. The molecule has 1 aromatic carbocycles. The first-order chi connectivity index (χ1) is 11.1. The molecule has 3 rings (SSSR count). The molecule has 0 spiro atoms. The van der Waals surface area contributed by atoms with E-state index in [-0.39, 0.29) is 19.1 Å². The molecule has 1 saturated heterocycles. The fourth-order valence-corrected chi connectivity index (χ4v) is 2.55. The van der Waals surface area contributed by atoms with Crippen molar-refractivity contribution in [2.75, 3.05) is 19.7 Å². The number of nitrogens with zero attached hydrogens (tertiary/aromatic N) is 3. The molecule has 1 aliphatic heterocycles. The first-order valence-electron chi connectivity index (χ1n) is 7.32. The van der Waals surface area contributed by atoms with Gasteiger partial charge in [0.25, 0.3) is 5.91 Å². The number of rotatable bonds is 3. The molecule has 0 radical (unpaired) electrons. The van der Waals surface area contributed by atoms with Crippen LogP contribution in [-0.2, 0) is 9.53 Å². The average Bonchev–Trinajstić information content (AvgIpc) is 2.97. The van der Waals surface area contributed by atoms with Gasteiger partial charge >= 0.3 is 5.97 Å². The van der Waals surface area contributed by atoms with Crippen LogP contribution in [0.1, 0.15) is 16.2 Å². The first-order valence-corrected chi connectivity index (χ1v) is 7.32. The molecule has 2 aromatic rings. The number of benzene rings is 1. The highest BCUT2D eigenvalue weighted by molar-refractivity contribution is 5.93. The number of amides is 1. The van der Waals surface area contributed by atoms with Gasteiger partial charge in [0.1, 0.15) is 0 Å². The first kappa shape index (κ1) is 15.2. The minimum atomic E-state index is -1.06. The summed E-state index contributed by atoms with van der Waals surface area (Å²) in [5.41, 5.74) is 2.01. The lowest BCUT2D eigenvalue weighted by Crippen LogP contribution is -2.48. The number of ether oxygens (including phenoxy) is 1. The minimum absolute atomic E-state index is 0.0331. The zero-order valence-corrected chi connectivity index (χ0v) is 12.7. The van der Waals surface area contributed by atoms with Crippen molar-refractivity contribution >= 4 is 11.9 Å². The lowest BCUT2D eigenvalue weighted by Gasteiger charge is -2.30. The van der Waals surface area contributed by atoms with E-state index in [0.29, 0.717) is 12.2 Å². The zero-order valence-electron chi connectivity index (χ0n) is 12.7. The van der Waals surface area contributed by atoms with E-state index in [1.165, 1.54) is 4.90 Å². The number of carbonyl (C=O) groups excluding carboxylic acids is 1. The van der Waals surface area contributed by atoms with Gasteiger partial charge in [-0.15, -0.1) is 0 Å². The highest BCUT2D eigenvalue weighted by Gasteiger charge is 2.30. The van der Waals surface area contributed by atoms with Gasteiger partial charge in [-0.25, -0.2) is 9.48 Å². The van der Waals surface area contributed by atoms with Crippen LogP contribution in [0, 0.1) is 6.92 Å². The van der Waals surface area contributed by atoms with Crippen LogP contribution in [0.2, 0.25) is 0 Å². The Bertz CT molecular complexity index is 726. The van der Waals surface area contributed by atoms with Crippen molar-refractivity contribution < 1.29 is 19.4 Å². The standard InChI is InChI=1S/C16H17N3O4/c1-11-9-13(17-19(11)12-5-3-2-4-6-12)15(20)18-7-8-23-14(10-18)16(21)22/h2-6,9,14H,7-8,10H2,1H3,(H,21,22)/t14-/m1/s1. The maximum absolute atomic E-state index is 12.6. The summed E-state index contributed by atoms with van der Waals surface area (Å²) in [6.07, 6.45) is -0.981. The Labute approximate surface area is 133 Å². The van der Waals surface area contributed by atoms with Gasteiger partial charge in [-0.05, 0) is 25.1 Å². The van der Waals surface area contributed by atoms with Crippen molar-refractivity contribution in [1.29, 1.82) is 0 Å². The monoisotopic (exact) mass is 315 g/mol. The van der Waals surface area contributed by atoms with Gasteiger partial charge in [0.15, 0.2) is 11.8 Å². The van der Waals surface area contributed by atoms with Gasteiger partial charge in [-0.1, -0.05) is 18.2 Å². The van der Waals surface area contributed by atoms with Crippen molar-refractivity contribution in [3.63, 3.8) is 0 Å². The summed E-state index contributed by atoms with van der Waals surface area (Å²) in [6, 6.07) is 11.2. The molecule has 0 aliphatic carbocycles. The van der Waals surface area contributed by atoms with Crippen molar-refractivity contribution in [2.24, 2.45) is 0 Å². The lowest BCUT2D eigenvalue weighted by molar-refractivity contribution is -0.154. The molecule has 7 nitrogen and oxygen atoms in total. The van der Waals surface area contributed by atoms with Gasteiger partial charge in [0.2, 0.25) is 0 Å². The number of carboxylic acids is 1. The van der Waals surface area contributed by atoms with Crippen molar-refractivity contribution in [3.05, 3.63) is 47.8 Å². The third-order valence-electron chi connectivity index (χ3n) is 3.74. The highest BCUT2D eigenvalue weighted by atomic mass is 16.5. The second kappa shape index (κ2) is 6.21. The van der Waals surface area contributed by atoms with Gasteiger partial charge in [-0.2, -0.15) is 5.10 Å². The Kier molecular flexibility index (Phi) is 4.12. The van der Waals surface area contributed by atoms with E-state index >= 15 is 0 Å². The number of morpholine rings is 1. The molecular weight excluding hydrogens is 298 g/mol. The number of carbonyl (C=O) groups is 2. The van der Waals surface area contributed by atoms with E-state index in [0.717, 1.165) is 11.4 Å². The number of carboxylic acid groups (broad SMARTS) is 1. The van der Waals surface area contributed by atoms with Crippen LogP contribution in [-0.4, -0.2) is 57.5 Å². The largest absolute Gasteiger partial charge is 0.479 e. The van der Waals surface area contributed by atoms with Crippen LogP contribution in [0.5, 0.6) is 0 Å². The van der Waals surface area contributed by atoms with E-state index in [1.54, 1.807) is 10.7 Å². The van der Waals surface area contributed by atoms with Gasteiger partial charge in [-0.3, -0.25) is 4.79 Å². The van der Waals surface area contributed by atoms with Crippen molar-refractivity contribution in [1.82, 2.24) is 14.7 Å². The van der Waals surface area contributed by atoms with Crippen LogP contribution >= 0.6 is 0 Å². The summed E-state index contributed by atoms with van der Waals surface area (Å²) in [5, 5.41) is 13.4. The SMILES string of the molecule is Cc1cc(C(=O)N2CCO[C@@H](C(=O)O)C2)nn1-c1ccccc1. The summed E-state index contributed by atoms with van der Waals surface area (Å²) in [6.45, 7) is 2.47. The Hall–Kier alpha value is -2.67. The van der Waals surface area contributed by atoms with E-state index in [2.05, 4.69) is 5.10 Å². The topological polar surface area (TPSA) is 84.7 Å². The maximum Gasteiger partial charge on any atom is 0.334 e. The number of para-hydroxylation sites is 1. The second-order valence-corrected chi connectivity index (χ2v) is 5.37. The Morgan fingerprint density at radius 2 is 2.04 bits per heavy atom. The van der Waals surface area contributed by atoms with Gasteiger partial charge in [0.05, 0.1) is 18.8 Å². The van der Waals surface area contributed by atoms with Gasteiger partial charge < -0.3 is 14.7 Å². The molecule has 1 fully saturated rings. The molecule has 1 N–H and O–H groups in total. The third kappa shape index (κ3) is 3.09. The predicted molar refractivity (Wildman–Crippen MR) is 81.6 cm³/mol. The van der Waals surface area contributed by atoms with E-state index in [1.807, 2.05) is 37.3 Å². The molecule has 1 aromatic heterocycles. The highest BCUT2D eigenvalue weighted by Crippen LogP contribution is 2.15. The lowest BCUT2D eigenvalue weighted by atomic mass is 10.2. The molecule has 1 amide bonds. The Balaban J connectivity index is 1.82. The summed E-state index contributed by atoms with van der Waals surface area (Å²) in [7, 11) is 0. The molecule has 1 aliphatic rings. The maximum atomic E-state index is 12.6. The van der Waals surface area contributed by atoms with E-state index < -0.39 is 12.1 Å². The second-order valence-electron chi connectivity index (χ2n) is 5.37. The molecule has 0 saturated carbocycles. The fourth-order valence-electron chi connectivity index (χ4n) is 2.55. The molecule has 7 heteroatoms. The summed E-state index contributed by atoms with van der Waals surface area (Å²) >= 11 is 0. The number of aliphatic carboxylic acids is 1. The van der Waals surface area contributed by atoms with Crippen LogP contribution in [0.4, 0.5) is 0 Å². The summed E-state index contributed by atoms with van der Waals surface area (Å²) in [4.78, 5) is 25.1. The van der Waals surface area contributed by atoms with E-state index in [4.69, 9.17) is 9.84 Å². The molecule has 0 unspecified atom stereocenters. The van der Waals surface area contributed by atoms with Crippen molar-refractivity contribution in [2.45, 2.75) is 13.0 Å². The molecule has 23 heavy (non-hydrogen) atoms. The molecule has 120 valence electrons. The molecule has 1 atom stereocenters. The third-order valence-corrected chi connectivity index (χ3v) is 3.74. The number of hydrogen-bond acceptors (Lipinski definition) is 4. The zero-order chi connectivity index (χ0) is 16.4. The van der Waals surface area contributed by atoms with Crippen LogP contribution in [0.3, 0.4) is 0 Å². The Morgan fingerprint density at radius 1 is 1.30 bits per heavy atom. The number of hydrogen-bond donors (Lipinski definition) is 1. The Morgan fingerprint density at radius 3 is 2.74 bits per heavy atom. The van der Waals surface area contributed by atoms with Crippen LogP contribution in [0.25, 0.3) is 5.69 Å². The van der Waals surface area contributed by atoms with E-state index in [9.17, 15) is 9.59 Å². The quantitative estimate of drug-likeness (QED) is 0.917. The molecule has 2 heterocycles. The summed E-state index contributed by atoms with van der Waals surface area (Å²) < 4.78 is 6.83. The summed E-state index contributed by atoms with van der Waals surface area (Å²) in [5.74, 6) is -1.34. The van der Waals surface area contributed by atoms with Gasteiger partial charge in [0, 0.05) is 12.2 Å². The average molecular weight is 315 g/mol. The molecular formula is C16H17N3O4. The minimum Gasteiger partial charge on any atom is -0.479 e. The van der Waals surface area contributed by atoms with Crippen LogP contribution < -0.4 is 0 Å². The fraction of sp³-hybridized carbons (Fsp3) is 0.312. The van der Waals surface area contributed by atoms with Crippen LogP contribution in [0.15, 0.2) is 36.4 Å². The van der Waals surface area contributed by atoms with Crippen molar-refractivity contribution in [3.8, 4) is 5.69 Å². The predicted octanol–water partition coefficient (Wildman–Crippen LogP) is 1.11. The smallest absolute Gasteiger partial charge is 0.334 e. The normalized spacial score (nSPS) is 18.0. The number of aryl methyl sites for hydroxylation is 1. The number of aromatic nitrogens is 2.